The van der Waals surface area contributed by atoms with Crippen molar-refractivity contribution in [2.45, 2.75) is 75.2 Å². The fraction of sp³-hybridized carbons (Fsp3) is 0.392. The maximum atomic E-state index is 14.9. The molecule has 4 N–H and O–H groups in total. The number of aliphatic hydroxyl groups is 2. The highest BCUT2D eigenvalue weighted by Gasteiger charge is 2.56. The Balaban J connectivity index is 0.945. The van der Waals surface area contributed by atoms with Gasteiger partial charge in [-0.3, -0.25) is 28.9 Å². The van der Waals surface area contributed by atoms with Gasteiger partial charge in [0, 0.05) is 60.0 Å². The summed E-state index contributed by atoms with van der Waals surface area (Å²) in [7, 11) is 0. The Bertz CT molecular complexity index is 2590. The van der Waals surface area contributed by atoms with Gasteiger partial charge in [0.05, 0.1) is 31.3 Å². The smallest absolute Gasteiger partial charge is 0.264 e. The van der Waals surface area contributed by atoms with Gasteiger partial charge in [0.15, 0.2) is 5.60 Å². The predicted octanol–water partition coefficient (Wildman–Crippen LogP) is 4.70. The van der Waals surface area contributed by atoms with Crippen LogP contribution >= 0.6 is 0 Å². The van der Waals surface area contributed by atoms with Crippen molar-refractivity contribution in [3.63, 3.8) is 0 Å². The number of aryl methyl sites for hydroxylation is 1. The molecule has 66 heavy (non-hydrogen) atoms. The van der Waals surface area contributed by atoms with Gasteiger partial charge in [-0.05, 0) is 118 Å². The van der Waals surface area contributed by atoms with Crippen molar-refractivity contribution >= 4 is 46.2 Å². The number of hydrogen-bond donors (Lipinski definition) is 4. The second-order valence-electron chi connectivity index (χ2n) is 18.3. The number of nitrogens with zero attached hydrogens (tertiary/aromatic N) is 8. The highest BCUT2D eigenvalue weighted by Crippen LogP contribution is 2.49. The van der Waals surface area contributed by atoms with Crippen molar-refractivity contribution in [3.05, 3.63) is 138 Å². The number of carbonyl (C=O) groups excluding carboxylic acids is 3. The van der Waals surface area contributed by atoms with Gasteiger partial charge in [0.2, 0.25) is 0 Å². The molecule has 2 spiro atoms. The average Bonchev–Trinajstić information content (AvgIpc) is 4.06. The molecule has 15 nitrogen and oxygen atoms in total. The molecule has 0 unspecified atom stereocenters. The molecule has 5 aliphatic heterocycles. The summed E-state index contributed by atoms with van der Waals surface area (Å²) in [4.78, 5) is 53.8. The summed E-state index contributed by atoms with van der Waals surface area (Å²) in [5.41, 5.74) is 2.70. The lowest BCUT2D eigenvalue weighted by molar-refractivity contribution is -0.139. The van der Waals surface area contributed by atoms with Crippen LogP contribution in [-0.4, -0.2) is 100 Å². The lowest BCUT2D eigenvalue weighted by Crippen LogP contribution is -2.55. The first kappa shape index (κ1) is 43.5. The molecule has 4 aromatic carbocycles. The molecule has 0 bridgehead atoms. The number of fused-ring (bicyclic) bond motifs is 1. The molecular weight excluding hydrogens is 833 g/mol. The first-order chi connectivity index (χ1) is 32.2. The molecule has 3 amide bonds. The quantitative estimate of drug-likeness (QED) is 0.121. The second kappa shape index (κ2) is 17.8. The Morgan fingerprint density at radius 3 is 1.85 bits per heavy atom. The monoisotopic (exact) mass is 890 g/mol. The predicted molar refractivity (Wildman–Crippen MR) is 254 cm³/mol. The Labute approximate surface area is 385 Å². The van der Waals surface area contributed by atoms with Crippen molar-refractivity contribution in [2.75, 3.05) is 70.6 Å². The van der Waals surface area contributed by atoms with E-state index in [1.807, 2.05) is 121 Å². The minimum Gasteiger partial charge on any atom is -0.396 e. The Morgan fingerprint density at radius 2 is 1.27 bits per heavy atom. The number of para-hydroxylation sites is 2. The number of piperidine rings is 2. The third kappa shape index (κ3) is 7.43. The number of allylic oxidation sites excluding steroid dienone is 1. The van der Waals surface area contributed by atoms with Crippen LogP contribution in [0.5, 0.6) is 0 Å². The van der Waals surface area contributed by atoms with Crippen molar-refractivity contribution in [1.29, 1.82) is 0 Å². The number of rotatable bonds is 13. The third-order valence-corrected chi connectivity index (χ3v) is 14.6. The number of benzene rings is 4. The summed E-state index contributed by atoms with van der Waals surface area (Å²) in [6.45, 7) is 6.32. The zero-order chi connectivity index (χ0) is 45.5. The number of amides is 3. The summed E-state index contributed by atoms with van der Waals surface area (Å²) in [5, 5.41) is 37.3. The van der Waals surface area contributed by atoms with Crippen molar-refractivity contribution in [3.8, 4) is 0 Å². The highest BCUT2D eigenvalue weighted by atomic mass is 16.3. The third-order valence-electron chi connectivity index (χ3n) is 14.6. The van der Waals surface area contributed by atoms with Crippen LogP contribution in [0, 0.1) is 5.92 Å². The molecule has 1 aromatic heterocycles. The van der Waals surface area contributed by atoms with E-state index in [9.17, 15) is 24.6 Å². The number of carbonyl (C=O) groups is 3. The van der Waals surface area contributed by atoms with Gasteiger partial charge < -0.3 is 35.5 Å². The topological polar surface area (TPSA) is 163 Å². The minimum absolute atomic E-state index is 0.00370. The standard InChI is InChI=1S/C51H58N10O5/c1-37(10-8-9-30-56-34-39(21-31-62)54-55-56)51(66)44-32-43(59-36-61(42-13-6-3-7-14-42)50(47(59)64)24-28-53-29-25-50)19-20-45(44)57(48(51)65)33-38-15-17-40(18-16-38)58-35-60(41-11-4-2-5-12-41)49(46(58)63)22-26-52-27-23-49/h2-8,10-20,32,34,37,52-53,62,66H,9,21-31,33,35-36H2,1H3/b10-8+/t37-,51+/m1/s1. The molecule has 0 saturated carbocycles. The number of aliphatic hydroxyl groups excluding tert-OH is 1. The normalized spacial score (nSPS) is 21.9. The van der Waals surface area contributed by atoms with Crippen molar-refractivity contribution in [2.24, 2.45) is 5.92 Å². The van der Waals surface area contributed by atoms with Crippen LogP contribution in [0.25, 0.3) is 0 Å². The summed E-state index contributed by atoms with van der Waals surface area (Å²) in [5.74, 6) is -0.992. The van der Waals surface area contributed by atoms with Crippen LogP contribution in [0.4, 0.5) is 28.4 Å². The van der Waals surface area contributed by atoms with Crippen LogP contribution in [-0.2, 0) is 39.5 Å². The summed E-state index contributed by atoms with van der Waals surface area (Å²) in [6.07, 6.45) is 9.39. The molecule has 5 aromatic rings. The molecule has 15 heteroatoms. The number of anilines is 5. The fourth-order valence-corrected chi connectivity index (χ4v) is 10.9. The number of nitrogens with one attached hydrogen (secondary N) is 2. The van der Waals surface area contributed by atoms with E-state index in [0.29, 0.717) is 81.0 Å². The van der Waals surface area contributed by atoms with E-state index in [2.05, 4.69) is 42.9 Å². The SMILES string of the molecule is C[C@H](/C=C/CCn1cc(CCO)nn1)[C@@]1(O)C(=O)N(Cc2ccc(N3CN(c4ccccc4)C4(CCNCC4)C3=O)cc2)c2ccc(N3CN(c4ccccc4)C4(CCNCC4)C3=O)cc21. The zero-order valence-electron chi connectivity index (χ0n) is 37.4. The summed E-state index contributed by atoms with van der Waals surface area (Å²) in [6, 6.07) is 33.6. The van der Waals surface area contributed by atoms with Crippen LogP contribution in [0.2, 0.25) is 0 Å². The Kier molecular flexibility index (Phi) is 11.7. The van der Waals surface area contributed by atoms with Crippen LogP contribution in [0.3, 0.4) is 0 Å². The minimum atomic E-state index is -1.94. The van der Waals surface area contributed by atoms with Gasteiger partial charge in [0.25, 0.3) is 17.7 Å². The molecule has 10 rings (SSSR count). The summed E-state index contributed by atoms with van der Waals surface area (Å²) >= 11 is 0. The average molecular weight is 891 g/mol. The molecule has 342 valence electrons. The molecule has 6 heterocycles. The second-order valence-corrected chi connectivity index (χ2v) is 18.3. The van der Waals surface area contributed by atoms with E-state index in [-0.39, 0.29) is 25.0 Å². The van der Waals surface area contributed by atoms with E-state index in [0.717, 1.165) is 48.8 Å². The molecule has 0 aliphatic carbocycles. The van der Waals surface area contributed by atoms with Gasteiger partial charge in [-0.2, -0.15) is 0 Å². The first-order valence-electron chi connectivity index (χ1n) is 23.3. The molecule has 4 saturated heterocycles. The number of aromatic nitrogens is 3. The lowest BCUT2D eigenvalue weighted by atomic mass is 9.82. The molecule has 5 aliphatic rings. The maximum Gasteiger partial charge on any atom is 0.264 e. The number of hydrogen-bond acceptors (Lipinski definition) is 11. The zero-order valence-corrected chi connectivity index (χ0v) is 37.4. The van der Waals surface area contributed by atoms with Gasteiger partial charge in [-0.1, -0.05) is 72.8 Å². The largest absolute Gasteiger partial charge is 0.396 e. The van der Waals surface area contributed by atoms with Gasteiger partial charge in [-0.15, -0.1) is 5.10 Å². The first-order valence-corrected chi connectivity index (χ1v) is 23.3. The molecule has 0 radical (unpaired) electrons. The maximum absolute atomic E-state index is 14.9. The van der Waals surface area contributed by atoms with E-state index in [4.69, 9.17) is 0 Å². The van der Waals surface area contributed by atoms with Crippen LogP contribution in [0.15, 0.2) is 121 Å². The van der Waals surface area contributed by atoms with Gasteiger partial charge >= 0.3 is 0 Å². The summed E-state index contributed by atoms with van der Waals surface area (Å²) < 4.78 is 1.72. The Hall–Kier alpha value is -6.39. The Morgan fingerprint density at radius 1 is 0.712 bits per heavy atom. The van der Waals surface area contributed by atoms with Crippen molar-refractivity contribution < 1.29 is 24.6 Å². The van der Waals surface area contributed by atoms with Crippen molar-refractivity contribution in [1.82, 2.24) is 25.6 Å². The van der Waals surface area contributed by atoms with Gasteiger partial charge in [-0.25, -0.2) is 0 Å². The lowest BCUT2D eigenvalue weighted by Gasteiger charge is -2.39. The van der Waals surface area contributed by atoms with E-state index in [1.165, 1.54) is 0 Å². The van der Waals surface area contributed by atoms with E-state index >= 15 is 0 Å². The molecular formula is C51H58N10O5. The van der Waals surface area contributed by atoms with Crippen LogP contribution < -0.4 is 35.1 Å². The van der Waals surface area contributed by atoms with Crippen LogP contribution in [0.1, 0.15) is 55.8 Å². The van der Waals surface area contributed by atoms with E-state index < -0.39 is 28.5 Å². The fourth-order valence-electron chi connectivity index (χ4n) is 10.9. The van der Waals surface area contributed by atoms with E-state index in [1.54, 1.807) is 14.5 Å². The highest BCUT2D eigenvalue weighted by molar-refractivity contribution is 6.10. The molecule has 4 fully saturated rings. The molecule has 2 atom stereocenters. The van der Waals surface area contributed by atoms with Gasteiger partial charge in [0.1, 0.15) is 11.1 Å².